The maximum absolute atomic E-state index is 7.14. The summed E-state index contributed by atoms with van der Waals surface area (Å²) in [6.07, 6.45) is 3.89. The molecule has 6 heteroatoms. The molecular formula is C38H42ClGaN2O2. The van der Waals surface area contributed by atoms with Crippen LogP contribution in [0.3, 0.4) is 0 Å². The Labute approximate surface area is 273 Å². The zero-order valence-corrected chi connectivity index (χ0v) is 30.2. The Morgan fingerprint density at radius 3 is 1.30 bits per heavy atom. The molecule has 1 heterocycles. The number of rotatable bonds is 2. The van der Waals surface area contributed by atoms with Crippen LogP contribution in [0, 0.1) is 13.8 Å². The van der Waals surface area contributed by atoms with Gasteiger partial charge in [0.05, 0.1) is 0 Å². The van der Waals surface area contributed by atoms with Crippen LogP contribution in [0.2, 0.25) is 0 Å². The van der Waals surface area contributed by atoms with Crippen LogP contribution < -0.4 is 7.06 Å². The van der Waals surface area contributed by atoms with Crippen molar-refractivity contribution in [3.05, 3.63) is 129 Å². The molecule has 4 aromatic rings. The topological polar surface area (TPSA) is 43.2 Å². The van der Waals surface area contributed by atoms with Gasteiger partial charge in [-0.05, 0) is 0 Å². The molecule has 4 nitrogen and oxygen atoms in total. The Balaban J connectivity index is 1.83. The minimum atomic E-state index is -3.36. The van der Waals surface area contributed by atoms with E-state index in [1.807, 2.05) is 24.6 Å². The molecule has 2 atom stereocenters. The Kier molecular flexibility index (Phi) is 9.50. The molecule has 44 heavy (non-hydrogen) atoms. The van der Waals surface area contributed by atoms with Crippen LogP contribution in [0.5, 0.6) is 11.5 Å². The van der Waals surface area contributed by atoms with Crippen molar-refractivity contribution < 1.29 is 7.06 Å². The third kappa shape index (κ3) is 7.34. The second kappa shape index (κ2) is 13.0. The summed E-state index contributed by atoms with van der Waals surface area (Å²) in [5.74, 6) is 1.50. The summed E-state index contributed by atoms with van der Waals surface area (Å²) in [7, 11) is 7.14. The number of fused-ring (bicyclic) bond motifs is 2. The van der Waals surface area contributed by atoms with Crippen molar-refractivity contribution in [2.24, 2.45) is 9.98 Å². The fourth-order valence-electron chi connectivity index (χ4n) is 5.70. The third-order valence-electron chi connectivity index (χ3n) is 7.89. The first-order valence-corrected chi connectivity index (χ1v) is 20.4. The van der Waals surface area contributed by atoms with Crippen LogP contribution in [0.15, 0.2) is 94.9 Å². The molecule has 0 saturated heterocycles. The van der Waals surface area contributed by atoms with Gasteiger partial charge in [0.25, 0.3) is 0 Å². The van der Waals surface area contributed by atoms with Gasteiger partial charge in [-0.15, -0.1) is 0 Å². The van der Waals surface area contributed by atoms with Gasteiger partial charge >= 0.3 is 274 Å². The summed E-state index contributed by atoms with van der Waals surface area (Å²) < 4.78 is 13.4. The fourth-order valence-corrected chi connectivity index (χ4v) is 8.61. The van der Waals surface area contributed by atoms with E-state index in [1.54, 1.807) is 0 Å². The zero-order chi connectivity index (χ0) is 31.6. The van der Waals surface area contributed by atoms with E-state index >= 15 is 0 Å². The zero-order valence-electron chi connectivity index (χ0n) is 27.1. The Hall–Kier alpha value is -3.25. The van der Waals surface area contributed by atoms with E-state index in [2.05, 4.69) is 128 Å². The quantitative estimate of drug-likeness (QED) is 0.200. The van der Waals surface area contributed by atoms with Gasteiger partial charge in [0.1, 0.15) is 0 Å². The van der Waals surface area contributed by atoms with Crippen molar-refractivity contribution in [1.82, 2.24) is 0 Å². The van der Waals surface area contributed by atoms with Gasteiger partial charge in [0.15, 0.2) is 0 Å². The summed E-state index contributed by atoms with van der Waals surface area (Å²) in [6.45, 7) is 17.4. The number of benzene rings is 4. The number of halogens is 1. The summed E-state index contributed by atoms with van der Waals surface area (Å²) in [5, 5.41) is 0. The SMILES string of the molecule is Cc1cc2c(c(C(C)(C)C)c1)[O][Ga]([Cl])[O]c1c(cc(C)cc1C(C)(C)C)C=N[C@H](c1ccccc1)[C@@H](c1ccccc1)N=C2. The van der Waals surface area contributed by atoms with E-state index in [0.717, 1.165) is 56.0 Å². The number of nitrogens with zero attached hydrogens (tertiary/aromatic N) is 2. The Bertz CT molecular complexity index is 1550. The van der Waals surface area contributed by atoms with Crippen molar-refractivity contribution in [2.45, 2.75) is 78.3 Å². The van der Waals surface area contributed by atoms with Gasteiger partial charge < -0.3 is 0 Å². The molecule has 0 radical (unpaired) electrons. The molecule has 5 rings (SSSR count). The molecule has 0 spiro atoms. The predicted octanol–water partition coefficient (Wildman–Crippen LogP) is 9.91. The van der Waals surface area contributed by atoms with Crippen molar-refractivity contribution in [3.63, 3.8) is 0 Å². The molecule has 1 aliphatic rings. The van der Waals surface area contributed by atoms with Crippen molar-refractivity contribution in [3.8, 4) is 11.5 Å². The van der Waals surface area contributed by atoms with Gasteiger partial charge in [-0.1, -0.05) is 0 Å². The molecule has 0 aromatic heterocycles. The summed E-state index contributed by atoms with van der Waals surface area (Å²) in [6, 6.07) is 28.9. The van der Waals surface area contributed by atoms with Crippen LogP contribution in [0.25, 0.3) is 0 Å². The second-order valence-corrected chi connectivity index (χ2v) is 17.7. The van der Waals surface area contributed by atoms with Gasteiger partial charge in [-0.3, -0.25) is 0 Å². The molecule has 0 bridgehead atoms. The first kappa shape index (κ1) is 32.1. The number of hydrogen-bond donors (Lipinski definition) is 0. The first-order valence-electron chi connectivity index (χ1n) is 15.2. The Morgan fingerprint density at radius 1 is 0.591 bits per heavy atom. The van der Waals surface area contributed by atoms with E-state index in [1.165, 1.54) is 0 Å². The van der Waals surface area contributed by atoms with E-state index in [4.69, 9.17) is 26.7 Å². The molecule has 0 saturated carbocycles. The minimum absolute atomic E-state index is 0.184. The number of hydrogen-bond acceptors (Lipinski definition) is 4. The molecule has 226 valence electrons. The van der Waals surface area contributed by atoms with E-state index in [-0.39, 0.29) is 22.9 Å². The molecule has 0 aliphatic carbocycles. The van der Waals surface area contributed by atoms with Crippen LogP contribution in [0.1, 0.15) is 98.1 Å². The van der Waals surface area contributed by atoms with Gasteiger partial charge in [-0.25, -0.2) is 0 Å². The van der Waals surface area contributed by atoms with Crippen molar-refractivity contribution in [2.75, 3.05) is 0 Å². The van der Waals surface area contributed by atoms with Crippen LogP contribution in [-0.2, 0) is 10.8 Å². The second-order valence-electron chi connectivity index (χ2n) is 13.7. The van der Waals surface area contributed by atoms with Gasteiger partial charge in [-0.2, -0.15) is 0 Å². The molecule has 0 unspecified atom stereocenters. The standard InChI is InChI=1S/C38H44N2O2.ClH.Ga/c1-25-19-29(35(41)31(21-25)37(3,4)5)23-39-33(27-15-11-9-12-16-27)34(28-17-13-10-14-18-28)40-24-30-20-26(2)22-32(36(30)42)38(6,7)8;;/h9-24,33-34,41-42H,1-8H3;1H;/q;;+3/p-3/t33-,34-;;/m1../s1. The Morgan fingerprint density at radius 2 is 0.955 bits per heavy atom. The van der Waals surface area contributed by atoms with Crippen LogP contribution >= 0.6 is 9.64 Å². The molecule has 4 aromatic carbocycles. The van der Waals surface area contributed by atoms with E-state index < -0.39 is 15.9 Å². The average Bonchev–Trinajstić information content (AvgIpc) is 2.97. The van der Waals surface area contributed by atoms with E-state index in [0.29, 0.717) is 0 Å². The maximum atomic E-state index is 7.14. The first-order chi connectivity index (χ1) is 20.8. The monoisotopic (exact) mass is 662 g/mol. The summed E-state index contributed by atoms with van der Waals surface area (Å²) in [4.78, 5) is 10.6. The normalized spacial score (nSPS) is 17.3. The van der Waals surface area contributed by atoms with Crippen LogP contribution in [0.4, 0.5) is 0 Å². The number of aryl methyl sites for hydroxylation is 2. The van der Waals surface area contributed by atoms with Gasteiger partial charge in [0.2, 0.25) is 0 Å². The van der Waals surface area contributed by atoms with E-state index in [9.17, 15) is 0 Å². The number of aliphatic imine (C=N–C) groups is 2. The van der Waals surface area contributed by atoms with Crippen molar-refractivity contribution >= 4 is 38.0 Å². The average molecular weight is 664 g/mol. The van der Waals surface area contributed by atoms with Gasteiger partial charge in [0, 0.05) is 0 Å². The summed E-state index contributed by atoms with van der Waals surface area (Å²) in [5.41, 5.74) is 8.03. The molecule has 0 fully saturated rings. The molecule has 0 N–H and O–H groups in total. The van der Waals surface area contributed by atoms with Crippen molar-refractivity contribution in [1.29, 1.82) is 0 Å². The fraction of sp³-hybridized carbons (Fsp3) is 0.316. The molecular weight excluding hydrogens is 622 g/mol. The molecule has 0 amide bonds. The summed E-state index contributed by atoms with van der Waals surface area (Å²) >= 11 is -3.36. The molecule has 1 aliphatic heterocycles. The predicted molar refractivity (Wildman–Crippen MR) is 186 cm³/mol. The van der Waals surface area contributed by atoms with Crippen LogP contribution in [-0.4, -0.2) is 28.4 Å². The third-order valence-corrected chi connectivity index (χ3v) is 10.6.